The Bertz CT molecular complexity index is 457. The van der Waals surface area contributed by atoms with Gasteiger partial charge in [-0.3, -0.25) is 4.79 Å². The number of carbonyl (C=O) groups is 1. The van der Waals surface area contributed by atoms with Crippen LogP contribution in [0.4, 0.5) is 0 Å². The number of aliphatic hydroxyl groups excluding tert-OH is 1. The number of benzene rings is 1. The number of nitrogens with one attached hydrogen (secondary N) is 1. The van der Waals surface area contributed by atoms with Crippen LogP contribution in [0.5, 0.6) is 0 Å². The minimum atomic E-state index is -0.411. The molecule has 1 amide bonds. The summed E-state index contributed by atoms with van der Waals surface area (Å²) >= 11 is 0. The minimum Gasteiger partial charge on any atom is -0.388 e. The Morgan fingerprint density at radius 2 is 2.12 bits per heavy atom. The van der Waals surface area contributed by atoms with E-state index in [4.69, 9.17) is 0 Å². The van der Waals surface area contributed by atoms with Crippen LogP contribution in [-0.2, 0) is 11.2 Å². The molecule has 0 saturated carbocycles. The molecule has 0 bridgehead atoms. The van der Waals surface area contributed by atoms with E-state index < -0.39 is 6.10 Å². The first-order chi connectivity index (χ1) is 8.21. The molecule has 3 rings (SSSR count). The lowest BCUT2D eigenvalue weighted by molar-refractivity contribution is -0.121. The first-order valence-corrected chi connectivity index (χ1v) is 6.24. The highest BCUT2D eigenvalue weighted by Gasteiger charge is 2.45. The zero-order valence-electron chi connectivity index (χ0n) is 9.78. The third-order valence-corrected chi connectivity index (χ3v) is 4.27. The smallest absolute Gasteiger partial charge is 0.220 e. The van der Waals surface area contributed by atoms with Gasteiger partial charge in [0.25, 0.3) is 0 Å². The van der Waals surface area contributed by atoms with Gasteiger partial charge in [-0.25, -0.2) is 0 Å². The van der Waals surface area contributed by atoms with Crippen LogP contribution in [0.15, 0.2) is 24.3 Å². The maximum atomic E-state index is 11.4. The van der Waals surface area contributed by atoms with Crippen molar-refractivity contribution in [2.45, 2.75) is 31.8 Å². The molecule has 1 aromatic carbocycles. The van der Waals surface area contributed by atoms with Crippen molar-refractivity contribution in [2.75, 3.05) is 6.54 Å². The van der Waals surface area contributed by atoms with E-state index in [1.54, 1.807) is 0 Å². The van der Waals surface area contributed by atoms with E-state index in [1.165, 1.54) is 5.56 Å². The summed E-state index contributed by atoms with van der Waals surface area (Å²) in [5.41, 5.74) is 2.18. The molecule has 1 aromatic rings. The minimum absolute atomic E-state index is 0.116. The fraction of sp³-hybridized carbons (Fsp3) is 0.500. The Morgan fingerprint density at radius 1 is 1.29 bits per heavy atom. The van der Waals surface area contributed by atoms with Crippen LogP contribution in [0.1, 0.15) is 36.5 Å². The molecule has 1 spiro atoms. The summed E-state index contributed by atoms with van der Waals surface area (Å²) < 4.78 is 0. The molecule has 3 heteroatoms. The molecular formula is C14H17NO2. The van der Waals surface area contributed by atoms with Crippen molar-refractivity contribution in [2.24, 2.45) is 5.41 Å². The molecule has 90 valence electrons. The summed E-state index contributed by atoms with van der Waals surface area (Å²) in [6.45, 7) is 0.684. The van der Waals surface area contributed by atoms with Gasteiger partial charge < -0.3 is 10.4 Å². The molecule has 2 N–H and O–H groups in total. The second-order valence-electron chi connectivity index (χ2n) is 5.24. The molecule has 0 aromatic heterocycles. The number of fused-ring (bicyclic) bond motifs is 1. The standard InChI is InChI=1S/C14H17NO2/c16-12-5-6-14(7-8-15-12)9-10-3-1-2-4-11(10)13(14)17/h1-4,13,17H,5-9H2,(H,15,16). The van der Waals surface area contributed by atoms with Gasteiger partial charge in [-0.1, -0.05) is 24.3 Å². The van der Waals surface area contributed by atoms with Gasteiger partial charge in [-0.2, -0.15) is 0 Å². The third-order valence-electron chi connectivity index (χ3n) is 4.27. The highest BCUT2D eigenvalue weighted by molar-refractivity contribution is 5.76. The summed E-state index contributed by atoms with van der Waals surface area (Å²) in [5, 5.41) is 13.4. The van der Waals surface area contributed by atoms with Crippen LogP contribution >= 0.6 is 0 Å². The summed E-state index contributed by atoms with van der Waals surface area (Å²) in [7, 11) is 0. The van der Waals surface area contributed by atoms with E-state index in [-0.39, 0.29) is 11.3 Å². The zero-order chi connectivity index (χ0) is 11.9. The Hall–Kier alpha value is -1.35. The maximum absolute atomic E-state index is 11.4. The highest BCUT2D eigenvalue weighted by Crippen LogP contribution is 2.51. The lowest BCUT2D eigenvalue weighted by Gasteiger charge is -2.31. The van der Waals surface area contributed by atoms with E-state index >= 15 is 0 Å². The summed E-state index contributed by atoms with van der Waals surface area (Å²) in [6.07, 6.45) is 2.68. The molecule has 1 fully saturated rings. The summed E-state index contributed by atoms with van der Waals surface area (Å²) in [4.78, 5) is 11.4. The van der Waals surface area contributed by atoms with Gasteiger partial charge in [0.05, 0.1) is 6.10 Å². The van der Waals surface area contributed by atoms with Crippen LogP contribution in [0.3, 0.4) is 0 Å². The summed E-state index contributed by atoms with van der Waals surface area (Å²) in [6, 6.07) is 8.09. The van der Waals surface area contributed by atoms with Crippen molar-refractivity contribution in [3.05, 3.63) is 35.4 Å². The first-order valence-electron chi connectivity index (χ1n) is 6.24. The number of rotatable bonds is 0. The van der Waals surface area contributed by atoms with Gasteiger partial charge in [0.15, 0.2) is 0 Å². The topological polar surface area (TPSA) is 49.3 Å². The van der Waals surface area contributed by atoms with Gasteiger partial charge in [-0.05, 0) is 30.4 Å². The quantitative estimate of drug-likeness (QED) is 0.712. The lowest BCUT2D eigenvalue weighted by Crippen LogP contribution is -2.27. The molecule has 1 heterocycles. The predicted molar refractivity (Wildman–Crippen MR) is 64.4 cm³/mol. The van der Waals surface area contributed by atoms with Crippen molar-refractivity contribution in [1.29, 1.82) is 0 Å². The van der Waals surface area contributed by atoms with E-state index in [2.05, 4.69) is 11.4 Å². The highest BCUT2D eigenvalue weighted by atomic mass is 16.3. The summed E-state index contributed by atoms with van der Waals surface area (Å²) in [5.74, 6) is 0.116. The molecule has 17 heavy (non-hydrogen) atoms. The van der Waals surface area contributed by atoms with Gasteiger partial charge in [0.1, 0.15) is 0 Å². The molecule has 2 aliphatic rings. The maximum Gasteiger partial charge on any atom is 0.220 e. The largest absolute Gasteiger partial charge is 0.388 e. The zero-order valence-corrected chi connectivity index (χ0v) is 9.78. The molecule has 1 saturated heterocycles. The average molecular weight is 231 g/mol. The van der Waals surface area contributed by atoms with E-state index in [0.717, 1.165) is 24.8 Å². The second-order valence-corrected chi connectivity index (χ2v) is 5.24. The van der Waals surface area contributed by atoms with E-state index in [9.17, 15) is 9.90 Å². The molecule has 0 radical (unpaired) electrons. The van der Waals surface area contributed by atoms with Crippen LogP contribution in [0.25, 0.3) is 0 Å². The number of hydrogen-bond donors (Lipinski definition) is 2. The number of hydrogen-bond acceptors (Lipinski definition) is 2. The Labute approximate surface area is 101 Å². The fourth-order valence-electron chi connectivity index (χ4n) is 3.24. The van der Waals surface area contributed by atoms with Gasteiger partial charge in [0.2, 0.25) is 5.91 Å². The lowest BCUT2D eigenvalue weighted by atomic mass is 9.76. The van der Waals surface area contributed by atoms with Crippen LogP contribution in [0.2, 0.25) is 0 Å². The normalized spacial score (nSPS) is 32.1. The average Bonchev–Trinajstić information content (AvgIpc) is 2.48. The fourth-order valence-corrected chi connectivity index (χ4v) is 3.24. The molecule has 3 nitrogen and oxygen atoms in total. The van der Waals surface area contributed by atoms with Crippen LogP contribution in [-0.4, -0.2) is 17.6 Å². The molecular weight excluding hydrogens is 214 g/mol. The van der Waals surface area contributed by atoms with Crippen molar-refractivity contribution >= 4 is 5.91 Å². The number of amides is 1. The van der Waals surface area contributed by atoms with Crippen LogP contribution in [0, 0.1) is 5.41 Å². The molecule has 2 atom stereocenters. The monoisotopic (exact) mass is 231 g/mol. The van der Waals surface area contributed by atoms with Crippen LogP contribution < -0.4 is 5.32 Å². The van der Waals surface area contributed by atoms with Gasteiger partial charge in [-0.15, -0.1) is 0 Å². The van der Waals surface area contributed by atoms with Gasteiger partial charge in [0, 0.05) is 18.4 Å². The number of aliphatic hydroxyl groups is 1. The van der Waals surface area contributed by atoms with Gasteiger partial charge >= 0.3 is 0 Å². The molecule has 1 aliphatic carbocycles. The second kappa shape index (κ2) is 3.84. The van der Waals surface area contributed by atoms with E-state index in [0.29, 0.717) is 13.0 Å². The first kappa shape index (κ1) is 10.8. The molecule has 1 aliphatic heterocycles. The van der Waals surface area contributed by atoms with Crippen molar-refractivity contribution < 1.29 is 9.90 Å². The SMILES string of the molecule is O=C1CCC2(CCN1)Cc1ccccc1C2O. The Kier molecular flexibility index (Phi) is 2.44. The Morgan fingerprint density at radius 3 is 2.94 bits per heavy atom. The number of carbonyl (C=O) groups excluding carboxylic acids is 1. The van der Waals surface area contributed by atoms with Crippen molar-refractivity contribution in [3.8, 4) is 0 Å². The molecule has 2 unspecified atom stereocenters. The van der Waals surface area contributed by atoms with E-state index in [1.807, 2.05) is 18.2 Å². The Balaban J connectivity index is 1.93. The third kappa shape index (κ3) is 1.65. The predicted octanol–water partition coefficient (Wildman–Crippen LogP) is 1.56. The van der Waals surface area contributed by atoms with Crippen molar-refractivity contribution in [1.82, 2.24) is 5.32 Å². The van der Waals surface area contributed by atoms with Crippen molar-refractivity contribution in [3.63, 3.8) is 0 Å².